The van der Waals surface area contributed by atoms with E-state index in [1.165, 1.54) is 12.8 Å². The first-order chi connectivity index (χ1) is 8.97. The summed E-state index contributed by atoms with van der Waals surface area (Å²) in [4.78, 5) is 0.348. The van der Waals surface area contributed by atoms with Crippen LogP contribution < -0.4 is 4.72 Å². The molecule has 0 saturated heterocycles. The maximum Gasteiger partial charge on any atom is 0.240 e. The molecule has 0 unspecified atom stereocenters. The van der Waals surface area contributed by atoms with Gasteiger partial charge in [0.2, 0.25) is 10.0 Å². The number of sulfonamides is 1. The van der Waals surface area contributed by atoms with Crippen molar-refractivity contribution < 1.29 is 8.42 Å². The third kappa shape index (κ3) is 3.58. The lowest BCUT2D eigenvalue weighted by molar-refractivity contribution is 0.347. The zero-order valence-electron chi connectivity index (χ0n) is 11.2. The van der Waals surface area contributed by atoms with Crippen molar-refractivity contribution in [1.29, 1.82) is 0 Å². The smallest absolute Gasteiger partial charge is 0.211 e. The van der Waals surface area contributed by atoms with E-state index < -0.39 is 10.0 Å². The van der Waals surface area contributed by atoms with Crippen LogP contribution in [0.25, 0.3) is 0 Å². The fourth-order valence-electron chi connectivity index (χ4n) is 2.53. The lowest BCUT2D eigenvalue weighted by atomic mass is 9.89. The maximum absolute atomic E-state index is 12.2. The molecule has 106 valence electrons. The van der Waals surface area contributed by atoms with Crippen molar-refractivity contribution in [2.24, 2.45) is 5.41 Å². The third-order valence-electron chi connectivity index (χ3n) is 3.92. The highest BCUT2D eigenvalue weighted by Gasteiger charge is 2.34. The van der Waals surface area contributed by atoms with Crippen LogP contribution in [0.15, 0.2) is 29.2 Å². The molecule has 19 heavy (non-hydrogen) atoms. The zero-order valence-corrected chi connectivity index (χ0v) is 13.6. The van der Waals surface area contributed by atoms with E-state index in [1.54, 1.807) is 12.1 Å². The molecule has 0 aromatic heterocycles. The number of halogens is 1. The van der Waals surface area contributed by atoms with Gasteiger partial charge in [0.25, 0.3) is 0 Å². The van der Waals surface area contributed by atoms with Gasteiger partial charge in [0.1, 0.15) is 0 Å². The molecule has 0 aliphatic heterocycles. The summed E-state index contributed by atoms with van der Waals surface area (Å²) in [5.74, 6) is 0. The van der Waals surface area contributed by atoms with Crippen LogP contribution in [0.2, 0.25) is 0 Å². The molecule has 0 atom stereocenters. The highest BCUT2D eigenvalue weighted by atomic mass is 79.9. The summed E-state index contributed by atoms with van der Waals surface area (Å²) in [6.07, 6.45) is 4.57. The van der Waals surface area contributed by atoms with Gasteiger partial charge in [-0.1, -0.05) is 46.5 Å². The molecule has 1 aromatic carbocycles. The van der Waals surface area contributed by atoms with Crippen molar-refractivity contribution in [3.05, 3.63) is 29.8 Å². The van der Waals surface area contributed by atoms with Crippen molar-refractivity contribution in [2.75, 3.05) is 11.9 Å². The molecule has 0 radical (unpaired) electrons. The van der Waals surface area contributed by atoms with Crippen molar-refractivity contribution >= 4 is 26.0 Å². The van der Waals surface area contributed by atoms with Gasteiger partial charge < -0.3 is 0 Å². The Kier molecular flexibility index (Phi) is 4.69. The summed E-state index contributed by atoms with van der Waals surface area (Å²) in [5, 5.41) is 0.858. The van der Waals surface area contributed by atoms with Crippen LogP contribution in [-0.4, -0.2) is 20.3 Å². The Morgan fingerprint density at radius 3 is 2.32 bits per heavy atom. The van der Waals surface area contributed by atoms with E-state index in [9.17, 15) is 8.42 Å². The fourth-order valence-corrected chi connectivity index (χ4v) is 4.45. The zero-order chi connectivity index (χ0) is 13.9. The van der Waals surface area contributed by atoms with E-state index in [-0.39, 0.29) is 5.41 Å². The Morgan fingerprint density at radius 1 is 1.21 bits per heavy atom. The van der Waals surface area contributed by atoms with Gasteiger partial charge in [-0.25, -0.2) is 13.1 Å². The summed E-state index contributed by atoms with van der Waals surface area (Å²) in [6, 6.07) is 6.97. The van der Waals surface area contributed by atoms with Crippen LogP contribution in [0.3, 0.4) is 0 Å². The average molecular weight is 346 g/mol. The van der Waals surface area contributed by atoms with Gasteiger partial charge in [0.15, 0.2) is 0 Å². The van der Waals surface area contributed by atoms with Crippen LogP contribution in [-0.2, 0) is 10.0 Å². The Balaban J connectivity index is 2.07. The molecule has 1 N–H and O–H groups in total. The minimum absolute atomic E-state index is 0.0950. The normalized spacial score (nSPS) is 18.6. The lowest BCUT2D eigenvalue weighted by Crippen LogP contribution is -2.37. The van der Waals surface area contributed by atoms with E-state index in [0.717, 1.165) is 23.7 Å². The summed E-state index contributed by atoms with van der Waals surface area (Å²) >= 11 is 3.53. The first kappa shape index (κ1) is 15.0. The summed E-state index contributed by atoms with van der Waals surface area (Å²) in [5.41, 5.74) is 1.16. The largest absolute Gasteiger partial charge is 0.240 e. The Hall–Kier alpha value is -0.390. The minimum atomic E-state index is -3.38. The van der Waals surface area contributed by atoms with Gasteiger partial charge >= 0.3 is 0 Å². The van der Waals surface area contributed by atoms with Crippen LogP contribution in [0.5, 0.6) is 0 Å². The number of hydrogen-bond acceptors (Lipinski definition) is 2. The minimum Gasteiger partial charge on any atom is -0.211 e. The van der Waals surface area contributed by atoms with Crippen molar-refractivity contribution in [3.63, 3.8) is 0 Å². The van der Waals surface area contributed by atoms with E-state index in [1.807, 2.05) is 19.1 Å². The first-order valence-corrected chi connectivity index (χ1v) is 9.20. The summed E-state index contributed by atoms with van der Waals surface area (Å²) in [7, 11) is -3.38. The third-order valence-corrected chi connectivity index (χ3v) is 6.52. The van der Waals surface area contributed by atoms with Gasteiger partial charge in [-0.15, -0.1) is 0 Å². The predicted molar refractivity (Wildman–Crippen MR) is 81.1 cm³/mol. The second-order valence-corrected chi connectivity index (χ2v) is 7.81. The molecule has 1 aromatic rings. The number of alkyl halides is 1. The van der Waals surface area contributed by atoms with Crippen molar-refractivity contribution in [2.45, 2.75) is 37.5 Å². The maximum atomic E-state index is 12.2. The van der Waals surface area contributed by atoms with Gasteiger partial charge in [-0.2, -0.15) is 0 Å². The molecular weight excluding hydrogens is 326 g/mol. The average Bonchev–Trinajstić information content (AvgIpc) is 2.87. The Morgan fingerprint density at radius 2 is 1.79 bits per heavy atom. The van der Waals surface area contributed by atoms with E-state index in [2.05, 4.69) is 20.7 Å². The van der Waals surface area contributed by atoms with Crippen LogP contribution in [0, 0.1) is 12.3 Å². The summed E-state index contributed by atoms with van der Waals surface area (Å²) < 4.78 is 27.2. The standard InChI is InChI=1S/C14H20BrNO2S/c1-12-4-6-13(7-5-12)19(17,18)16-11-14(10-15)8-2-3-9-14/h4-7,16H,2-3,8-11H2,1H3. The van der Waals surface area contributed by atoms with Crippen LogP contribution in [0.4, 0.5) is 0 Å². The van der Waals surface area contributed by atoms with Gasteiger partial charge in [-0.3, -0.25) is 0 Å². The predicted octanol–water partition coefficient (Wildman–Crippen LogP) is 3.23. The van der Waals surface area contributed by atoms with Gasteiger partial charge in [0.05, 0.1) is 4.90 Å². The van der Waals surface area contributed by atoms with Crippen LogP contribution in [0.1, 0.15) is 31.2 Å². The Bertz CT molecular complexity index is 519. The topological polar surface area (TPSA) is 46.2 Å². The number of nitrogens with one attached hydrogen (secondary N) is 1. The SMILES string of the molecule is Cc1ccc(S(=O)(=O)NCC2(CBr)CCCC2)cc1. The lowest BCUT2D eigenvalue weighted by Gasteiger charge is -2.26. The number of benzene rings is 1. The quantitative estimate of drug-likeness (QED) is 0.832. The van der Waals surface area contributed by atoms with Crippen molar-refractivity contribution in [1.82, 2.24) is 4.72 Å². The van der Waals surface area contributed by atoms with Gasteiger partial charge in [-0.05, 0) is 37.3 Å². The molecule has 5 heteroatoms. The molecule has 0 bridgehead atoms. The molecule has 0 heterocycles. The number of rotatable bonds is 5. The van der Waals surface area contributed by atoms with Crippen LogP contribution >= 0.6 is 15.9 Å². The summed E-state index contributed by atoms with van der Waals surface area (Å²) in [6.45, 7) is 2.47. The number of hydrogen-bond donors (Lipinski definition) is 1. The highest BCUT2D eigenvalue weighted by Crippen LogP contribution is 2.39. The monoisotopic (exact) mass is 345 g/mol. The van der Waals surface area contributed by atoms with E-state index >= 15 is 0 Å². The fraction of sp³-hybridized carbons (Fsp3) is 0.571. The molecule has 1 aliphatic carbocycles. The molecule has 3 nitrogen and oxygen atoms in total. The highest BCUT2D eigenvalue weighted by molar-refractivity contribution is 9.09. The molecule has 1 aliphatic rings. The molecular formula is C14H20BrNO2S. The molecule has 1 fully saturated rings. The number of aryl methyl sites for hydroxylation is 1. The molecule has 0 amide bonds. The van der Waals surface area contributed by atoms with E-state index in [4.69, 9.17) is 0 Å². The van der Waals surface area contributed by atoms with E-state index in [0.29, 0.717) is 11.4 Å². The van der Waals surface area contributed by atoms with Crippen molar-refractivity contribution in [3.8, 4) is 0 Å². The second-order valence-electron chi connectivity index (χ2n) is 5.48. The first-order valence-electron chi connectivity index (χ1n) is 6.60. The molecule has 2 rings (SSSR count). The Labute approximate surface area is 124 Å². The molecule has 0 spiro atoms. The van der Waals surface area contributed by atoms with Gasteiger partial charge in [0, 0.05) is 11.9 Å². The molecule has 1 saturated carbocycles. The second kappa shape index (κ2) is 5.94.